The topological polar surface area (TPSA) is 101 Å². The molecule has 0 fully saturated rings. The SMILES string of the molecule is CC(=O)c1sc(N2C(=O)c3oc4ccc(Cl)cc4c(=O)c3C23C(=O)N(Cc2ccccc2)c2ccccc23)nc1C. The van der Waals surface area contributed by atoms with Crippen molar-refractivity contribution in [2.75, 3.05) is 9.80 Å². The molecule has 1 spiro atoms. The molecule has 0 N–H and O–H groups in total. The van der Waals surface area contributed by atoms with E-state index in [1.54, 1.807) is 42.2 Å². The van der Waals surface area contributed by atoms with Crippen LogP contribution < -0.4 is 15.2 Å². The summed E-state index contributed by atoms with van der Waals surface area (Å²) in [6.45, 7) is 3.29. The molecule has 7 rings (SSSR count). The number of carbonyl (C=O) groups is 3. The summed E-state index contributed by atoms with van der Waals surface area (Å²) in [6.07, 6.45) is 0. The zero-order valence-electron chi connectivity index (χ0n) is 21.8. The number of para-hydroxylation sites is 1. The third-order valence-corrected chi connectivity index (χ3v) is 9.04. The lowest BCUT2D eigenvalue weighted by atomic mass is 9.84. The Labute approximate surface area is 242 Å². The molecule has 2 aliphatic heterocycles. The van der Waals surface area contributed by atoms with E-state index in [9.17, 15) is 19.2 Å². The molecule has 2 amide bonds. The molecule has 41 heavy (non-hydrogen) atoms. The zero-order valence-corrected chi connectivity index (χ0v) is 23.4. The quantitative estimate of drug-likeness (QED) is 0.246. The lowest BCUT2D eigenvalue weighted by molar-refractivity contribution is -0.121. The van der Waals surface area contributed by atoms with Crippen molar-refractivity contribution in [2.45, 2.75) is 25.9 Å². The maximum absolute atomic E-state index is 14.9. The average Bonchev–Trinajstić information content (AvgIpc) is 3.55. The first kappa shape index (κ1) is 25.4. The molecule has 1 unspecified atom stereocenters. The number of anilines is 2. The fraction of sp³-hybridized carbons (Fsp3) is 0.129. The van der Waals surface area contributed by atoms with Gasteiger partial charge in [-0.2, -0.15) is 0 Å². The number of amides is 2. The van der Waals surface area contributed by atoms with E-state index in [-0.39, 0.29) is 39.8 Å². The first-order valence-corrected chi connectivity index (χ1v) is 14.0. The number of nitrogens with zero attached hydrogens (tertiary/aromatic N) is 3. The number of aromatic nitrogens is 1. The van der Waals surface area contributed by atoms with E-state index in [2.05, 4.69) is 4.98 Å². The summed E-state index contributed by atoms with van der Waals surface area (Å²) in [6, 6.07) is 21.1. The van der Waals surface area contributed by atoms with Gasteiger partial charge in [0.1, 0.15) is 5.58 Å². The van der Waals surface area contributed by atoms with E-state index >= 15 is 0 Å². The monoisotopic (exact) mass is 581 g/mol. The summed E-state index contributed by atoms with van der Waals surface area (Å²) in [7, 11) is 0. The van der Waals surface area contributed by atoms with Gasteiger partial charge >= 0.3 is 0 Å². The van der Waals surface area contributed by atoms with E-state index in [1.807, 2.05) is 30.3 Å². The van der Waals surface area contributed by atoms with Crippen molar-refractivity contribution in [2.24, 2.45) is 0 Å². The van der Waals surface area contributed by atoms with E-state index in [4.69, 9.17) is 16.0 Å². The number of hydrogen-bond acceptors (Lipinski definition) is 7. The number of ketones is 1. The van der Waals surface area contributed by atoms with Crippen LogP contribution in [0.5, 0.6) is 0 Å². The Morgan fingerprint density at radius 3 is 2.49 bits per heavy atom. The number of halogens is 1. The van der Waals surface area contributed by atoms with Crippen molar-refractivity contribution in [3.05, 3.63) is 121 Å². The average molecular weight is 582 g/mol. The third-order valence-electron chi connectivity index (χ3n) is 7.57. The first-order valence-electron chi connectivity index (χ1n) is 12.8. The summed E-state index contributed by atoms with van der Waals surface area (Å²) in [5.41, 5.74) is -0.0862. The minimum Gasteiger partial charge on any atom is -0.450 e. The van der Waals surface area contributed by atoms with Gasteiger partial charge in [-0.15, -0.1) is 0 Å². The molecule has 0 aliphatic carbocycles. The molecule has 0 saturated carbocycles. The van der Waals surface area contributed by atoms with E-state index in [0.717, 1.165) is 16.9 Å². The van der Waals surface area contributed by atoms with Crippen molar-refractivity contribution in [1.29, 1.82) is 0 Å². The summed E-state index contributed by atoms with van der Waals surface area (Å²) in [5, 5.41) is 0.581. The van der Waals surface area contributed by atoms with Crippen LogP contribution in [0.15, 0.2) is 82.0 Å². The summed E-state index contributed by atoms with van der Waals surface area (Å²) < 4.78 is 6.08. The Morgan fingerprint density at radius 1 is 1.02 bits per heavy atom. The van der Waals surface area contributed by atoms with Gasteiger partial charge in [-0.25, -0.2) is 4.98 Å². The molecule has 0 bridgehead atoms. The molecule has 202 valence electrons. The fourth-order valence-corrected chi connectivity index (χ4v) is 7.05. The van der Waals surface area contributed by atoms with Crippen molar-refractivity contribution >= 4 is 62.3 Å². The Hall–Kier alpha value is -4.60. The maximum atomic E-state index is 14.9. The van der Waals surface area contributed by atoms with Crippen LogP contribution in [0.2, 0.25) is 5.02 Å². The van der Waals surface area contributed by atoms with Crippen LogP contribution >= 0.6 is 22.9 Å². The lowest BCUT2D eigenvalue weighted by Crippen LogP contribution is -2.53. The number of thiazole rings is 1. The Balaban J connectivity index is 1.58. The highest BCUT2D eigenvalue weighted by atomic mass is 35.5. The van der Waals surface area contributed by atoms with Crippen LogP contribution in [0.3, 0.4) is 0 Å². The van der Waals surface area contributed by atoms with Gasteiger partial charge < -0.3 is 9.32 Å². The third kappa shape index (κ3) is 3.42. The molecule has 0 radical (unpaired) electrons. The number of aryl methyl sites for hydroxylation is 1. The number of benzene rings is 3. The molecule has 2 aromatic heterocycles. The number of rotatable bonds is 4. The largest absolute Gasteiger partial charge is 0.450 e. The van der Waals surface area contributed by atoms with Crippen LogP contribution in [0.4, 0.5) is 10.8 Å². The van der Waals surface area contributed by atoms with Gasteiger partial charge in [0.15, 0.2) is 21.9 Å². The molecule has 10 heteroatoms. The Kier molecular flexibility index (Phi) is 5.54. The molecule has 3 aromatic carbocycles. The fourth-order valence-electron chi connectivity index (χ4n) is 5.86. The van der Waals surface area contributed by atoms with E-state index in [1.165, 1.54) is 24.0 Å². The lowest BCUT2D eigenvalue weighted by Gasteiger charge is -2.32. The van der Waals surface area contributed by atoms with Crippen molar-refractivity contribution < 1.29 is 18.8 Å². The normalized spacial score (nSPS) is 17.5. The van der Waals surface area contributed by atoms with Crippen LogP contribution in [-0.2, 0) is 16.9 Å². The molecular weight excluding hydrogens is 562 g/mol. The van der Waals surface area contributed by atoms with Gasteiger partial charge in [0, 0.05) is 17.5 Å². The molecule has 4 heterocycles. The highest BCUT2D eigenvalue weighted by Gasteiger charge is 2.66. The van der Waals surface area contributed by atoms with Crippen LogP contribution in [0.25, 0.3) is 11.0 Å². The zero-order chi connectivity index (χ0) is 28.6. The number of hydrogen-bond donors (Lipinski definition) is 0. The second kappa shape index (κ2) is 8.95. The smallest absolute Gasteiger partial charge is 0.297 e. The van der Waals surface area contributed by atoms with Crippen LogP contribution in [-0.4, -0.2) is 22.6 Å². The summed E-state index contributed by atoms with van der Waals surface area (Å²) in [4.78, 5) is 63.6. The van der Waals surface area contributed by atoms with Gasteiger partial charge in [-0.1, -0.05) is 71.5 Å². The number of Topliss-reactive ketones (excluding diaryl/α,β-unsaturated/α-hetero) is 1. The predicted octanol–water partition coefficient (Wildman–Crippen LogP) is 5.86. The Morgan fingerprint density at radius 2 is 1.76 bits per heavy atom. The number of fused-ring (bicyclic) bond motifs is 5. The molecule has 2 aliphatic rings. The molecule has 0 saturated heterocycles. The Bertz CT molecular complexity index is 2020. The molecular formula is C31H20ClN3O5S. The highest BCUT2D eigenvalue weighted by molar-refractivity contribution is 7.17. The van der Waals surface area contributed by atoms with Gasteiger partial charge in [-0.05, 0) is 36.8 Å². The van der Waals surface area contributed by atoms with Crippen LogP contribution in [0.1, 0.15) is 49.5 Å². The summed E-state index contributed by atoms with van der Waals surface area (Å²) in [5.74, 6) is -1.65. The van der Waals surface area contributed by atoms with Crippen molar-refractivity contribution in [3.8, 4) is 0 Å². The summed E-state index contributed by atoms with van der Waals surface area (Å²) >= 11 is 7.25. The molecule has 8 nitrogen and oxygen atoms in total. The minimum atomic E-state index is -1.91. The maximum Gasteiger partial charge on any atom is 0.297 e. The predicted molar refractivity (Wildman–Crippen MR) is 156 cm³/mol. The number of carbonyl (C=O) groups excluding carboxylic acids is 3. The standard InChI is InChI=1S/C31H20ClN3O5S/c1-16-27(17(2)36)41-30(33-16)35-28(38)26-24(25(37)20-14-19(32)12-13-23(20)40-26)31(35)21-10-6-7-11-22(21)34(29(31)39)15-18-8-4-3-5-9-18/h3-14H,15H2,1-2H3. The highest BCUT2D eigenvalue weighted by Crippen LogP contribution is 2.55. The van der Waals surface area contributed by atoms with Gasteiger partial charge in [0.05, 0.1) is 33.8 Å². The van der Waals surface area contributed by atoms with Gasteiger partial charge in [-0.3, -0.25) is 24.1 Å². The molecule has 1 atom stereocenters. The molecule has 5 aromatic rings. The second-order valence-electron chi connectivity index (χ2n) is 9.99. The second-order valence-corrected chi connectivity index (χ2v) is 11.4. The van der Waals surface area contributed by atoms with E-state index in [0.29, 0.717) is 26.8 Å². The first-order chi connectivity index (χ1) is 19.7. The van der Waals surface area contributed by atoms with Gasteiger partial charge in [0.25, 0.3) is 11.8 Å². The van der Waals surface area contributed by atoms with Gasteiger partial charge in [0.2, 0.25) is 5.76 Å². The minimum absolute atomic E-state index is 0.0949. The van der Waals surface area contributed by atoms with Crippen molar-refractivity contribution in [3.63, 3.8) is 0 Å². The van der Waals surface area contributed by atoms with E-state index < -0.39 is 22.8 Å². The van der Waals surface area contributed by atoms with Crippen LogP contribution in [0, 0.1) is 6.92 Å². The van der Waals surface area contributed by atoms with Crippen molar-refractivity contribution in [1.82, 2.24) is 4.98 Å².